The minimum atomic E-state index is 0.482. The quantitative estimate of drug-likeness (QED) is 0.713. The molecule has 1 atom stereocenters. The molecule has 0 radical (unpaired) electrons. The van der Waals surface area contributed by atoms with Gasteiger partial charge in [-0.25, -0.2) is 0 Å². The fourth-order valence-corrected chi connectivity index (χ4v) is 4.29. The summed E-state index contributed by atoms with van der Waals surface area (Å²) < 4.78 is 0. The summed E-state index contributed by atoms with van der Waals surface area (Å²) in [4.78, 5) is 1.36. The summed E-state index contributed by atoms with van der Waals surface area (Å²) in [6.45, 7) is 3.32. The summed E-state index contributed by atoms with van der Waals surface area (Å²) in [6.07, 6.45) is 9.50. The van der Waals surface area contributed by atoms with E-state index in [1.54, 1.807) is 0 Å². The van der Waals surface area contributed by atoms with Crippen molar-refractivity contribution < 1.29 is 0 Å². The van der Waals surface area contributed by atoms with Crippen molar-refractivity contribution in [3.05, 3.63) is 21.3 Å². The van der Waals surface area contributed by atoms with Gasteiger partial charge in [0.15, 0.2) is 0 Å². The zero-order chi connectivity index (χ0) is 12.8. The number of nitrogens with one attached hydrogen (secondary N) is 1. The predicted octanol–water partition coefficient (Wildman–Crippen LogP) is 5.41. The van der Waals surface area contributed by atoms with Crippen molar-refractivity contribution >= 4 is 22.9 Å². The molecular weight excluding hydrogens is 262 g/mol. The van der Waals surface area contributed by atoms with Gasteiger partial charge in [0.25, 0.3) is 0 Å². The van der Waals surface area contributed by atoms with Gasteiger partial charge in [0.1, 0.15) is 0 Å². The molecule has 1 aliphatic carbocycles. The number of hydrogen-bond acceptors (Lipinski definition) is 2. The highest BCUT2D eigenvalue weighted by Gasteiger charge is 2.26. The first-order chi connectivity index (χ1) is 8.83. The third-order valence-corrected chi connectivity index (χ3v) is 5.35. The van der Waals surface area contributed by atoms with Crippen LogP contribution in [0.2, 0.25) is 5.02 Å². The Kier molecular flexibility index (Phi) is 6.00. The average Bonchev–Trinajstić information content (AvgIpc) is 2.65. The Balaban J connectivity index is 2.10. The SMILES string of the molecule is CCCNC(c1sccc1Cl)C1CCCCCC1. The summed E-state index contributed by atoms with van der Waals surface area (Å²) in [7, 11) is 0. The van der Waals surface area contributed by atoms with E-state index >= 15 is 0 Å². The maximum atomic E-state index is 6.34. The van der Waals surface area contributed by atoms with Crippen LogP contribution in [-0.4, -0.2) is 6.54 Å². The fraction of sp³-hybridized carbons (Fsp3) is 0.733. The van der Waals surface area contributed by atoms with Crippen molar-refractivity contribution in [3.63, 3.8) is 0 Å². The molecule has 1 N–H and O–H groups in total. The second-order valence-corrected chi connectivity index (χ2v) is 6.67. The molecule has 1 aliphatic rings. The molecule has 0 amide bonds. The van der Waals surface area contributed by atoms with Crippen LogP contribution in [0.4, 0.5) is 0 Å². The molecule has 1 heterocycles. The van der Waals surface area contributed by atoms with Crippen LogP contribution in [0.5, 0.6) is 0 Å². The maximum Gasteiger partial charge on any atom is 0.0561 e. The molecule has 2 rings (SSSR count). The van der Waals surface area contributed by atoms with Crippen LogP contribution in [0, 0.1) is 5.92 Å². The largest absolute Gasteiger partial charge is 0.309 e. The van der Waals surface area contributed by atoms with Gasteiger partial charge in [-0.2, -0.15) is 0 Å². The molecule has 102 valence electrons. The lowest BCUT2D eigenvalue weighted by atomic mass is 9.90. The fourth-order valence-electron chi connectivity index (χ4n) is 2.94. The Morgan fingerprint density at radius 2 is 2.06 bits per heavy atom. The number of hydrogen-bond donors (Lipinski definition) is 1. The van der Waals surface area contributed by atoms with Crippen LogP contribution in [-0.2, 0) is 0 Å². The first kappa shape index (κ1) is 14.4. The lowest BCUT2D eigenvalue weighted by Gasteiger charge is -2.27. The topological polar surface area (TPSA) is 12.0 Å². The average molecular weight is 286 g/mol. The highest BCUT2D eigenvalue weighted by molar-refractivity contribution is 7.10. The number of halogens is 1. The summed E-state index contributed by atoms with van der Waals surface area (Å²) in [6, 6.07) is 2.52. The molecule has 3 heteroatoms. The number of rotatable bonds is 5. The van der Waals surface area contributed by atoms with Crippen molar-refractivity contribution in [2.45, 2.75) is 57.9 Å². The lowest BCUT2D eigenvalue weighted by molar-refractivity contribution is 0.330. The van der Waals surface area contributed by atoms with Gasteiger partial charge in [0, 0.05) is 10.9 Å². The van der Waals surface area contributed by atoms with E-state index in [0.29, 0.717) is 6.04 Å². The Morgan fingerprint density at radius 1 is 1.33 bits per heavy atom. The van der Waals surface area contributed by atoms with Gasteiger partial charge >= 0.3 is 0 Å². The second kappa shape index (κ2) is 7.52. The van der Waals surface area contributed by atoms with Gasteiger partial charge in [-0.05, 0) is 43.2 Å². The summed E-state index contributed by atoms with van der Waals surface area (Å²) in [5.74, 6) is 0.773. The van der Waals surface area contributed by atoms with E-state index in [-0.39, 0.29) is 0 Å². The van der Waals surface area contributed by atoms with Crippen molar-refractivity contribution in [1.82, 2.24) is 5.32 Å². The molecule has 1 nitrogen and oxygen atoms in total. The zero-order valence-electron chi connectivity index (χ0n) is 11.3. The van der Waals surface area contributed by atoms with Gasteiger partial charge < -0.3 is 5.32 Å². The molecule has 0 spiro atoms. The molecule has 1 unspecified atom stereocenters. The van der Waals surface area contributed by atoms with E-state index < -0.39 is 0 Å². The van der Waals surface area contributed by atoms with Crippen molar-refractivity contribution in [1.29, 1.82) is 0 Å². The molecule has 0 aromatic carbocycles. The Hall–Kier alpha value is -0.0500. The smallest absolute Gasteiger partial charge is 0.0561 e. The summed E-state index contributed by atoms with van der Waals surface area (Å²) in [5, 5.41) is 6.81. The molecular formula is C15H24ClNS. The summed E-state index contributed by atoms with van der Waals surface area (Å²) in [5.41, 5.74) is 0. The molecule has 1 saturated carbocycles. The first-order valence-electron chi connectivity index (χ1n) is 7.29. The van der Waals surface area contributed by atoms with Crippen molar-refractivity contribution in [3.8, 4) is 0 Å². The molecule has 0 saturated heterocycles. The van der Waals surface area contributed by atoms with Gasteiger partial charge in [0.05, 0.1) is 5.02 Å². The minimum absolute atomic E-state index is 0.482. The lowest BCUT2D eigenvalue weighted by Crippen LogP contribution is -2.28. The minimum Gasteiger partial charge on any atom is -0.309 e. The van der Waals surface area contributed by atoms with Crippen molar-refractivity contribution in [2.24, 2.45) is 5.92 Å². The van der Waals surface area contributed by atoms with Crippen LogP contribution in [0.1, 0.15) is 62.8 Å². The van der Waals surface area contributed by atoms with E-state index in [4.69, 9.17) is 11.6 Å². The Bertz CT molecular complexity index is 342. The Labute approximate surface area is 120 Å². The van der Waals surface area contributed by atoms with Gasteiger partial charge in [0.2, 0.25) is 0 Å². The van der Waals surface area contributed by atoms with Gasteiger partial charge in [-0.3, -0.25) is 0 Å². The first-order valence-corrected chi connectivity index (χ1v) is 8.55. The van der Waals surface area contributed by atoms with Crippen LogP contribution >= 0.6 is 22.9 Å². The summed E-state index contributed by atoms with van der Waals surface area (Å²) >= 11 is 8.16. The monoisotopic (exact) mass is 285 g/mol. The third-order valence-electron chi connectivity index (χ3n) is 3.91. The molecule has 1 aromatic heterocycles. The van der Waals surface area contributed by atoms with Crippen LogP contribution in [0.3, 0.4) is 0 Å². The van der Waals surface area contributed by atoms with Crippen LogP contribution < -0.4 is 5.32 Å². The standard InChI is InChI=1S/C15H24ClNS/c1-2-10-17-14(15-13(16)9-11-18-15)12-7-5-3-4-6-8-12/h9,11-12,14,17H,2-8,10H2,1H3. The van der Waals surface area contributed by atoms with Gasteiger partial charge in [-0.15, -0.1) is 11.3 Å². The highest BCUT2D eigenvalue weighted by atomic mass is 35.5. The van der Waals surface area contributed by atoms with Crippen LogP contribution in [0.15, 0.2) is 11.4 Å². The normalized spacial score (nSPS) is 19.7. The van der Waals surface area contributed by atoms with E-state index in [2.05, 4.69) is 17.6 Å². The third kappa shape index (κ3) is 3.72. The van der Waals surface area contributed by atoms with E-state index in [0.717, 1.165) is 17.5 Å². The maximum absolute atomic E-state index is 6.34. The molecule has 0 aliphatic heterocycles. The molecule has 0 bridgehead atoms. The zero-order valence-corrected chi connectivity index (χ0v) is 12.8. The van der Waals surface area contributed by atoms with Crippen LogP contribution in [0.25, 0.3) is 0 Å². The van der Waals surface area contributed by atoms with E-state index in [9.17, 15) is 0 Å². The number of thiophene rings is 1. The Morgan fingerprint density at radius 3 is 2.61 bits per heavy atom. The molecule has 18 heavy (non-hydrogen) atoms. The van der Waals surface area contributed by atoms with E-state index in [1.165, 1.54) is 49.8 Å². The highest BCUT2D eigenvalue weighted by Crippen LogP contribution is 2.38. The van der Waals surface area contributed by atoms with E-state index in [1.807, 2.05) is 17.4 Å². The van der Waals surface area contributed by atoms with Crippen molar-refractivity contribution in [2.75, 3.05) is 6.54 Å². The predicted molar refractivity (Wildman–Crippen MR) is 81.6 cm³/mol. The second-order valence-electron chi connectivity index (χ2n) is 5.32. The molecule has 1 fully saturated rings. The molecule has 1 aromatic rings. The van der Waals surface area contributed by atoms with Gasteiger partial charge in [-0.1, -0.05) is 44.2 Å².